The molecule has 0 aromatic heterocycles. The largest absolute Gasteiger partial charge is 0.493 e. The van der Waals surface area contributed by atoms with E-state index in [0.29, 0.717) is 5.56 Å². The first kappa shape index (κ1) is 15.0. The summed E-state index contributed by atoms with van der Waals surface area (Å²) in [7, 11) is 2.76. The molecular weight excluding hydrogens is 278 g/mol. The molecule has 0 bridgehead atoms. The number of aryl methyl sites for hydroxylation is 1. The van der Waals surface area contributed by atoms with Gasteiger partial charge in [-0.15, -0.1) is 0 Å². The molecule has 0 saturated carbocycles. The summed E-state index contributed by atoms with van der Waals surface area (Å²) in [6.45, 7) is 1.66. The number of ketones is 1. The molecule has 0 radical (unpaired) electrons. The molecule has 0 saturated heterocycles. The van der Waals surface area contributed by atoms with Gasteiger partial charge in [-0.25, -0.2) is 8.78 Å². The van der Waals surface area contributed by atoms with Crippen LogP contribution in [0.5, 0.6) is 11.5 Å². The predicted octanol–water partition coefficient (Wildman–Crippen LogP) is 3.52. The lowest BCUT2D eigenvalue weighted by Crippen LogP contribution is -2.08. The molecule has 110 valence electrons. The summed E-state index contributed by atoms with van der Waals surface area (Å²) in [6.07, 6.45) is 0. The predicted molar refractivity (Wildman–Crippen MR) is 74.1 cm³/mol. The fourth-order valence-electron chi connectivity index (χ4n) is 2.01. The molecule has 2 aromatic carbocycles. The van der Waals surface area contributed by atoms with Gasteiger partial charge in [0.05, 0.1) is 19.8 Å². The maximum Gasteiger partial charge on any atom is 0.196 e. The van der Waals surface area contributed by atoms with Crippen LogP contribution in [0.15, 0.2) is 30.3 Å². The van der Waals surface area contributed by atoms with Gasteiger partial charge in [0.25, 0.3) is 0 Å². The van der Waals surface area contributed by atoms with Crippen LogP contribution in [0.3, 0.4) is 0 Å². The molecule has 0 aliphatic carbocycles. The van der Waals surface area contributed by atoms with Crippen LogP contribution in [0.4, 0.5) is 8.78 Å². The van der Waals surface area contributed by atoms with Crippen LogP contribution in [0.1, 0.15) is 21.5 Å². The second-order valence-electron chi connectivity index (χ2n) is 4.48. The van der Waals surface area contributed by atoms with E-state index in [-0.39, 0.29) is 22.6 Å². The van der Waals surface area contributed by atoms with Gasteiger partial charge in [0.1, 0.15) is 11.6 Å². The summed E-state index contributed by atoms with van der Waals surface area (Å²) < 4.78 is 37.4. The molecular formula is C16H14F2O3. The lowest BCUT2D eigenvalue weighted by molar-refractivity contribution is 0.103. The van der Waals surface area contributed by atoms with E-state index in [2.05, 4.69) is 0 Å². The maximum atomic E-state index is 14.1. The van der Waals surface area contributed by atoms with Crippen LogP contribution in [-0.4, -0.2) is 20.0 Å². The van der Waals surface area contributed by atoms with Crippen LogP contribution < -0.4 is 9.47 Å². The number of methoxy groups -OCH3 is 2. The van der Waals surface area contributed by atoms with Gasteiger partial charge in [0.15, 0.2) is 17.3 Å². The van der Waals surface area contributed by atoms with Crippen molar-refractivity contribution in [2.24, 2.45) is 0 Å². The second-order valence-corrected chi connectivity index (χ2v) is 4.48. The standard InChI is InChI=1S/C16H14F2O3/c1-9-4-5-10(17)6-11(9)16(19)12-7-14(20-2)15(21-3)8-13(12)18/h4-8H,1-3H3. The minimum Gasteiger partial charge on any atom is -0.493 e. The Balaban J connectivity index is 2.55. The number of rotatable bonds is 4. The Labute approximate surface area is 121 Å². The molecule has 0 N–H and O–H groups in total. The van der Waals surface area contributed by atoms with Gasteiger partial charge in [-0.2, -0.15) is 0 Å². The van der Waals surface area contributed by atoms with Crippen LogP contribution in [-0.2, 0) is 0 Å². The van der Waals surface area contributed by atoms with Crippen molar-refractivity contribution in [1.29, 1.82) is 0 Å². The zero-order valence-corrected chi connectivity index (χ0v) is 11.9. The van der Waals surface area contributed by atoms with E-state index in [4.69, 9.17) is 9.47 Å². The van der Waals surface area contributed by atoms with Crippen molar-refractivity contribution in [2.45, 2.75) is 6.92 Å². The van der Waals surface area contributed by atoms with E-state index in [9.17, 15) is 13.6 Å². The first-order valence-electron chi connectivity index (χ1n) is 6.20. The Hall–Kier alpha value is -2.43. The molecule has 0 amide bonds. The second kappa shape index (κ2) is 5.91. The van der Waals surface area contributed by atoms with Gasteiger partial charge in [-0.1, -0.05) is 6.07 Å². The van der Waals surface area contributed by atoms with Crippen molar-refractivity contribution in [3.63, 3.8) is 0 Å². The van der Waals surface area contributed by atoms with Gasteiger partial charge >= 0.3 is 0 Å². The smallest absolute Gasteiger partial charge is 0.196 e. The van der Waals surface area contributed by atoms with E-state index in [0.717, 1.165) is 12.1 Å². The van der Waals surface area contributed by atoms with E-state index >= 15 is 0 Å². The van der Waals surface area contributed by atoms with Gasteiger partial charge in [-0.3, -0.25) is 4.79 Å². The van der Waals surface area contributed by atoms with Gasteiger partial charge < -0.3 is 9.47 Å². The first-order valence-corrected chi connectivity index (χ1v) is 6.20. The molecule has 0 spiro atoms. The Morgan fingerprint density at radius 1 is 0.952 bits per heavy atom. The van der Waals surface area contributed by atoms with Crippen LogP contribution in [0.25, 0.3) is 0 Å². The third kappa shape index (κ3) is 2.86. The SMILES string of the molecule is COc1cc(F)c(C(=O)c2cc(F)ccc2C)cc1OC. The van der Waals surface area contributed by atoms with Gasteiger partial charge in [-0.05, 0) is 30.7 Å². The molecule has 0 unspecified atom stereocenters. The highest BCUT2D eigenvalue weighted by Gasteiger charge is 2.20. The molecule has 0 fully saturated rings. The fourth-order valence-corrected chi connectivity index (χ4v) is 2.01. The quantitative estimate of drug-likeness (QED) is 0.809. The van der Waals surface area contributed by atoms with E-state index < -0.39 is 17.4 Å². The highest BCUT2D eigenvalue weighted by molar-refractivity contribution is 6.10. The summed E-state index contributed by atoms with van der Waals surface area (Å²) in [5.41, 5.74) is 0.484. The summed E-state index contributed by atoms with van der Waals surface area (Å²) in [6, 6.07) is 6.13. The maximum absolute atomic E-state index is 14.1. The zero-order chi connectivity index (χ0) is 15.6. The molecule has 3 nitrogen and oxygen atoms in total. The van der Waals surface area contributed by atoms with Gasteiger partial charge in [0, 0.05) is 11.6 Å². The Morgan fingerprint density at radius 3 is 2.19 bits per heavy atom. The molecule has 2 aromatic rings. The van der Waals surface area contributed by atoms with Crippen LogP contribution in [0.2, 0.25) is 0 Å². The Bertz CT molecular complexity index is 696. The third-order valence-electron chi connectivity index (χ3n) is 3.16. The summed E-state index contributed by atoms with van der Waals surface area (Å²) in [5.74, 6) is -1.49. The van der Waals surface area contributed by atoms with Crippen molar-refractivity contribution in [3.05, 3.63) is 58.7 Å². The number of ether oxygens (including phenoxy) is 2. The topological polar surface area (TPSA) is 35.5 Å². The van der Waals surface area contributed by atoms with Crippen molar-refractivity contribution in [3.8, 4) is 11.5 Å². The number of hydrogen-bond acceptors (Lipinski definition) is 3. The number of halogens is 2. The van der Waals surface area contributed by atoms with E-state index in [1.165, 1.54) is 32.4 Å². The molecule has 0 heterocycles. The molecule has 21 heavy (non-hydrogen) atoms. The summed E-state index contributed by atoms with van der Waals surface area (Å²) in [4.78, 5) is 12.4. The van der Waals surface area contributed by atoms with Gasteiger partial charge in [0.2, 0.25) is 0 Å². The molecule has 5 heteroatoms. The van der Waals surface area contributed by atoms with Crippen molar-refractivity contribution in [2.75, 3.05) is 14.2 Å². The number of benzene rings is 2. The minimum atomic E-state index is -0.749. The molecule has 0 aliphatic rings. The monoisotopic (exact) mass is 292 g/mol. The Morgan fingerprint density at radius 2 is 1.57 bits per heavy atom. The van der Waals surface area contributed by atoms with Crippen molar-refractivity contribution >= 4 is 5.78 Å². The van der Waals surface area contributed by atoms with E-state index in [1.807, 2.05) is 0 Å². The number of carbonyl (C=O) groups is 1. The highest BCUT2D eigenvalue weighted by atomic mass is 19.1. The average Bonchev–Trinajstić information content (AvgIpc) is 2.48. The normalized spacial score (nSPS) is 10.3. The average molecular weight is 292 g/mol. The van der Waals surface area contributed by atoms with Crippen molar-refractivity contribution in [1.82, 2.24) is 0 Å². The molecule has 0 atom stereocenters. The summed E-state index contributed by atoms with van der Waals surface area (Å²) in [5, 5.41) is 0. The first-order chi connectivity index (χ1) is 9.97. The van der Waals surface area contributed by atoms with Crippen LogP contribution >= 0.6 is 0 Å². The zero-order valence-electron chi connectivity index (χ0n) is 11.9. The lowest BCUT2D eigenvalue weighted by atomic mass is 9.98. The molecule has 0 aliphatic heterocycles. The molecule has 2 rings (SSSR count). The number of carbonyl (C=O) groups excluding carboxylic acids is 1. The third-order valence-corrected chi connectivity index (χ3v) is 3.16. The fraction of sp³-hybridized carbons (Fsp3) is 0.188. The highest BCUT2D eigenvalue weighted by Crippen LogP contribution is 2.31. The minimum absolute atomic E-state index is 0.112. The van der Waals surface area contributed by atoms with Crippen LogP contribution in [0, 0.1) is 18.6 Å². The van der Waals surface area contributed by atoms with Crippen molar-refractivity contribution < 1.29 is 23.0 Å². The number of hydrogen-bond donors (Lipinski definition) is 0. The summed E-state index contributed by atoms with van der Waals surface area (Å²) >= 11 is 0. The lowest BCUT2D eigenvalue weighted by Gasteiger charge is -2.11. The van der Waals surface area contributed by atoms with E-state index in [1.54, 1.807) is 6.92 Å². The Kier molecular flexibility index (Phi) is 4.21.